The van der Waals surface area contributed by atoms with Gasteiger partial charge in [0.15, 0.2) is 0 Å². The largest absolute Gasteiger partial charge is 0.389 e. The molecule has 0 spiro atoms. The van der Waals surface area contributed by atoms with Gasteiger partial charge in [-0.15, -0.1) is 0 Å². The Kier molecular flexibility index (Phi) is 4.26. The van der Waals surface area contributed by atoms with Crippen LogP contribution < -0.4 is 0 Å². The van der Waals surface area contributed by atoms with Crippen LogP contribution in [0.25, 0.3) is 22.3 Å². The molecule has 3 aromatic heterocycles. The Morgan fingerprint density at radius 1 is 1.08 bits per heavy atom. The maximum atomic E-state index is 10.6. The number of pyridine rings is 1. The van der Waals surface area contributed by atoms with Gasteiger partial charge >= 0.3 is 0 Å². The first-order chi connectivity index (χ1) is 12.6. The van der Waals surface area contributed by atoms with Gasteiger partial charge in [0.05, 0.1) is 42.2 Å². The van der Waals surface area contributed by atoms with E-state index in [0.29, 0.717) is 13.1 Å². The lowest BCUT2D eigenvalue weighted by atomic mass is 10.1. The molecule has 4 rings (SSSR count). The van der Waals surface area contributed by atoms with Crippen molar-refractivity contribution in [1.29, 1.82) is 0 Å². The molecule has 0 aliphatic heterocycles. The lowest BCUT2D eigenvalue weighted by molar-refractivity contribution is 0.132. The zero-order valence-electron chi connectivity index (χ0n) is 14.9. The molecule has 0 saturated carbocycles. The molecule has 3 heterocycles. The first-order valence-corrected chi connectivity index (χ1v) is 8.64. The second kappa shape index (κ2) is 6.72. The maximum absolute atomic E-state index is 10.6. The average molecular weight is 347 g/mol. The van der Waals surface area contributed by atoms with Crippen LogP contribution in [-0.2, 0) is 13.1 Å². The van der Waals surface area contributed by atoms with Crippen LogP contribution in [-0.4, -0.2) is 35.5 Å². The van der Waals surface area contributed by atoms with E-state index in [1.807, 2.05) is 27.4 Å². The van der Waals surface area contributed by atoms with Gasteiger partial charge in [-0.25, -0.2) is 4.98 Å². The van der Waals surface area contributed by atoms with Crippen LogP contribution >= 0.6 is 0 Å². The Morgan fingerprint density at radius 2 is 1.92 bits per heavy atom. The zero-order valence-corrected chi connectivity index (χ0v) is 14.9. The number of imidazole rings is 1. The van der Waals surface area contributed by atoms with E-state index in [-0.39, 0.29) is 0 Å². The Labute approximate surface area is 151 Å². The molecule has 0 unspecified atom stereocenters. The zero-order chi connectivity index (χ0) is 18.1. The molecule has 4 aromatic rings. The van der Waals surface area contributed by atoms with E-state index < -0.39 is 6.10 Å². The fourth-order valence-electron chi connectivity index (χ4n) is 3.18. The molecular weight excluding hydrogens is 326 g/mol. The van der Waals surface area contributed by atoms with E-state index in [4.69, 9.17) is 0 Å². The number of aromatic nitrogens is 5. The molecule has 1 aromatic carbocycles. The number of aliphatic hydroxyl groups is 1. The number of hydrogen-bond donors (Lipinski definition) is 1. The summed E-state index contributed by atoms with van der Waals surface area (Å²) in [5.41, 5.74) is 6.37. The number of fused-ring (bicyclic) bond motifs is 1. The third kappa shape index (κ3) is 3.11. The van der Waals surface area contributed by atoms with Gasteiger partial charge < -0.3 is 9.67 Å². The standard InChI is InChI=1S/C20H21N5O/c1-14-8-18-20(9-15(14)2)24(13-22-18)11-17(26)12-25-19(5-7-23-25)16-4-3-6-21-10-16/h3-10,13,17,26H,11-12H2,1-2H3/t17-/m0/s1. The fourth-order valence-corrected chi connectivity index (χ4v) is 3.18. The van der Waals surface area contributed by atoms with Crippen molar-refractivity contribution in [3.63, 3.8) is 0 Å². The minimum Gasteiger partial charge on any atom is -0.389 e. The molecule has 132 valence electrons. The lowest BCUT2D eigenvalue weighted by Gasteiger charge is -2.15. The molecule has 6 heteroatoms. The van der Waals surface area contributed by atoms with Crippen LogP contribution in [0.5, 0.6) is 0 Å². The minimum atomic E-state index is -0.579. The number of aliphatic hydroxyl groups excluding tert-OH is 1. The van der Waals surface area contributed by atoms with Crippen LogP contribution in [0.2, 0.25) is 0 Å². The first kappa shape index (κ1) is 16.5. The Bertz CT molecular complexity index is 1030. The highest BCUT2D eigenvalue weighted by Crippen LogP contribution is 2.20. The number of benzene rings is 1. The van der Waals surface area contributed by atoms with Gasteiger partial charge in [-0.05, 0) is 55.3 Å². The SMILES string of the molecule is Cc1cc2ncn(C[C@H](O)Cn3nccc3-c3cccnc3)c2cc1C. The summed E-state index contributed by atoms with van der Waals surface area (Å²) in [6.45, 7) is 5.04. The quantitative estimate of drug-likeness (QED) is 0.603. The van der Waals surface area contributed by atoms with Crippen molar-refractivity contribution in [2.75, 3.05) is 0 Å². The Balaban J connectivity index is 1.55. The van der Waals surface area contributed by atoms with Gasteiger partial charge in [0.1, 0.15) is 0 Å². The fraction of sp³-hybridized carbons (Fsp3) is 0.250. The highest BCUT2D eigenvalue weighted by molar-refractivity contribution is 5.77. The molecule has 0 aliphatic carbocycles. The molecule has 1 atom stereocenters. The van der Waals surface area contributed by atoms with Crippen molar-refractivity contribution in [2.45, 2.75) is 33.0 Å². The van der Waals surface area contributed by atoms with E-state index in [9.17, 15) is 5.11 Å². The van der Waals surface area contributed by atoms with E-state index >= 15 is 0 Å². The second-order valence-electron chi connectivity index (χ2n) is 6.62. The summed E-state index contributed by atoms with van der Waals surface area (Å²) in [5, 5.41) is 15.0. The number of rotatable bonds is 5. The smallest absolute Gasteiger partial charge is 0.0959 e. The van der Waals surface area contributed by atoms with Crippen molar-refractivity contribution in [2.24, 2.45) is 0 Å². The minimum absolute atomic E-state index is 0.405. The van der Waals surface area contributed by atoms with E-state index in [1.54, 1.807) is 24.9 Å². The molecule has 0 radical (unpaired) electrons. The van der Waals surface area contributed by atoms with E-state index in [0.717, 1.165) is 22.3 Å². The van der Waals surface area contributed by atoms with Crippen molar-refractivity contribution < 1.29 is 5.11 Å². The summed E-state index contributed by atoms with van der Waals surface area (Å²) in [7, 11) is 0. The summed E-state index contributed by atoms with van der Waals surface area (Å²) < 4.78 is 3.82. The molecule has 0 bridgehead atoms. The third-order valence-electron chi connectivity index (χ3n) is 4.70. The van der Waals surface area contributed by atoms with Crippen molar-refractivity contribution in [1.82, 2.24) is 24.3 Å². The van der Waals surface area contributed by atoms with Crippen LogP contribution in [0.15, 0.2) is 55.2 Å². The average Bonchev–Trinajstić information content (AvgIpc) is 3.24. The monoisotopic (exact) mass is 347 g/mol. The van der Waals surface area contributed by atoms with Crippen LogP contribution in [0, 0.1) is 13.8 Å². The molecular formula is C20H21N5O. The summed E-state index contributed by atoms with van der Waals surface area (Å²) in [5.74, 6) is 0. The number of aryl methyl sites for hydroxylation is 2. The predicted molar refractivity (Wildman–Crippen MR) is 101 cm³/mol. The van der Waals surface area contributed by atoms with Gasteiger partial charge in [-0.3, -0.25) is 9.67 Å². The van der Waals surface area contributed by atoms with Gasteiger partial charge in [-0.2, -0.15) is 5.10 Å². The van der Waals surface area contributed by atoms with Gasteiger partial charge in [0.2, 0.25) is 0 Å². The predicted octanol–water partition coefficient (Wildman–Crippen LogP) is 2.97. The Hall–Kier alpha value is -2.99. The van der Waals surface area contributed by atoms with Gasteiger partial charge in [-0.1, -0.05) is 0 Å². The van der Waals surface area contributed by atoms with Crippen LogP contribution in [0.1, 0.15) is 11.1 Å². The number of hydrogen-bond acceptors (Lipinski definition) is 4. The van der Waals surface area contributed by atoms with Crippen LogP contribution in [0.3, 0.4) is 0 Å². The summed E-state index contributed by atoms with van der Waals surface area (Å²) in [6, 6.07) is 10.0. The molecule has 1 N–H and O–H groups in total. The third-order valence-corrected chi connectivity index (χ3v) is 4.70. The van der Waals surface area contributed by atoms with Crippen molar-refractivity contribution in [3.05, 3.63) is 66.4 Å². The molecule has 0 fully saturated rings. The number of nitrogens with zero attached hydrogens (tertiary/aromatic N) is 5. The highest BCUT2D eigenvalue weighted by Gasteiger charge is 2.13. The molecule has 0 amide bonds. The van der Waals surface area contributed by atoms with E-state index in [1.165, 1.54) is 11.1 Å². The normalized spacial score (nSPS) is 12.6. The molecule has 6 nitrogen and oxygen atoms in total. The molecule has 0 aliphatic rings. The van der Waals surface area contributed by atoms with Gasteiger partial charge in [0, 0.05) is 24.2 Å². The first-order valence-electron chi connectivity index (χ1n) is 8.64. The Morgan fingerprint density at radius 3 is 2.73 bits per heavy atom. The van der Waals surface area contributed by atoms with Crippen molar-refractivity contribution in [3.8, 4) is 11.3 Å². The summed E-state index contributed by atoms with van der Waals surface area (Å²) in [4.78, 5) is 8.61. The topological polar surface area (TPSA) is 68.8 Å². The van der Waals surface area contributed by atoms with E-state index in [2.05, 4.69) is 41.0 Å². The van der Waals surface area contributed by atoms with Gasteiger partial charge in [0.25, 0.3) is 0 Å². The highest BCUT2D eigenvalue weighted by atomic mass is 16.3. The molecule has 0 saturated heterocycles. The maximum Gasteiger partial charge on any atom is 0.0959 e. The summed E-state index contributed by atoms with van der Waals surface area (Å²) in [6.07, 6.45) is 6.50. The summed E-state index contributed by atoms with van der Waals surface area (Å²) >= 11 is 0. The molecule has 26 heavy (non-hydrogen) atoms. The lowest BCUT2D eigenvalue weighted by Crippen LogP contribution is -2.23. The second-order valence-corrected chi connectivity index (χ2v) is 6.62. The van der Waals surface area contributed by atoms with Crippen molar-refractivity contribution >= 4 is 11.0 Å². The van der Waals surface area contributed by atoms with Crippen LogP contribution in [0.4, 0.5) is 0 Å².